The van der Waals surface area contributed by atoms with Crippen molar-refractivity contribution in [3.63, 3.8) is 0 Å². The Labute approximate surface area is 73.3 Å². The summed E-state index contributed by atoms with van der Waals surface area (Å²) < 4.78 is 0.947. The van der Waals surface area contributed by atoms with Crippen molar-refractivity contribution >= 4 is 22.7 Å². The largest absolute Gasteiger partial charge is 0.362 e. The normalized spacial score (nSPS) is 10.4. The van der Waals surface area contributed by atoms with Crippen molar-refractivity contribution in [1.82, 2.24) is 9.07 Å². The van der Waals surface area contributed by atoms with E-state index in [0.29, 0.717) is 5.52 Å². The minimum Gasteiger partial charge on any atom is -0.244 e. The lowest BCUT2D eigenvalue weighted by molar-refractivity contribution is 1.04. The van der Waals surface area contributed by atoms with Gasteiger partial charge in [0.1, 0.15) is 0 Å². The molecule has 3 nitrogen and oxygen atoms in total. The van der Waals surface area contributed by atoms with Crippen LogP contribution in [0, 0.1) is 0 Å². The van der Waals surface area contributed by atoms with Crippen LogP contribution in [0.1, 0.15) is 0 Å². The third-order valence-corrected chi connectivity index (χ3v) is 1.83. The highest BCUT2D eigenvalue weighted by Crippen LogP contribution is 2.07. The Balaban J connectivity index is 2.93. The van der Waals surface area contributed by atoms with Gasteiger partial charge in [0.25, 0.3) is 0 Å². The molecule has 1 aromatic carbocycles. The summed E-state index contributed by atoms with van der Waals surface area (Å²) >= 11 is 5.53. The van der Waals surface area contributed by atoms with Gasteiger partial charge in [-0.3, -0.25) is 0 Å². The summed E-state index contributed by atoms with van der Waals surface area (Å²) in [6.07, 6.45) is 1.55. The Hall–Kier alpha value is -1.35. The molecule has 0 aliphatic rings. The van der Waals surface area contributed by atoms with Crippen LogP contribution in [-0.2, 0) is 0 Å². The summed E-state index contributed by atoms with van der Waals surface area (Å²) in [4.78, 5) is 14.7. The van der Waals surface area contributed by atoms with Gasteiger partial charge in [-0.15, -0.1) is 0 Å². The molecule has 0 bridgehead atoms. The maximum absolute atomic E-state index is 11.0. The average molecular weight is 181 g/mol. The first kappa shape index (κ1) is 7.31. The SMILES string of the molecule is O=c1nc2ccccc2cn1Cl. The van der Waals surface area contributed by atoms with E-state index >= 15 is 0 Å². The van der Waals surface area contributed by atoms with Crippen molar-refractivity contribution in [2.45, 2.75) is 0 Å². The lowest BCUT2D eigenvalue weighted by Gasteiger charge is -1.95. The number of hydrogen-bond donors (Lipinski definition) is 0. The van der Waals surface area contributed by atoms with Crippen LogP contribution in [-0.4, -0.2) is 9.07 Å². The Kier molecular flexibility index (Phi) is 1.59. The van der Waals surface area contributed by atoms with Crippen molar-refractivity contribution in [3.05, 3.63) is 40.9 Å². The molecule has 0 saturated heterocycles. The number of aromatic nitrogens is 2. The second-order valence-electron chi connectivity index (χ2n) is 2.39. The number of para-hydroxylation sites is 1. The highest BCUT2D eigenvalue weighted by molar-refractivity contribution is 6.15. The Morgan fingerprint density at radius 3 is 2.92 bits per heavy atom. The first-order valence-corrected chi connectivity index (χ1v) is 3.76. The molecule has 0 atom stereocenters. The molecule has 2 rings (SSSR count). The van der Waals surface area contributed by atoms with Gasteiger partial charge in [-0.2, -0.15) is 4.98 Å². The zero-order chi connectivity index (χ0) is 8.55. The van der Waals surface area contributed by atoms with E-state index < -0.39 is 5.69 Å². The number of fused-ring (bicyclic) bond motifs is 1. The molecule has 0 amide bonds. The van der Waals surface area contributed by atoms with Crippen LogP contribution in [0.15, 0.2) is 35.3 Å². The van der Waals surface area contributed by atoms with Gasteiger partial charge in [0.2, 0.25) is 0 Å². The van der Waals surface area contributed by atoms with Crippen LogP contribution in [0.5, 0.6) is 0 Å². The average Bonchev–Trinajstić information content (AvgIpc) is 2.07. The van der Waals surface area contributed by atoms with Crippen molar-refractivity contribution in [3.8, 4) is 0 Å². The fourth-order valence-electron chi connectivity index (χ4n) is 1.03. The highest BCUT2D eigenvalue weighted by atomic mass is 35.5. The molecule has 1 aromatic heterocycles. The van der Waals surface area contributed by atoms with E-state index in [2.05, 4.69) is 4.98 Å². The number of hydrogen-bond acceptors (Lipinski definition) is 2. The topological polar surface area (TPSA) is 34.9 Å². The van der Waals surface area contributed by atoms with Gasteiger partial charge in [0.15, 0.2) is 0 Å². The van der Waals surface area contributed by atoms with E-state index in [1.54, 1.807) is 12.3 Å². The summed E-state index contributed by atoms with van der Waals surface area (Å²) in [5.41, 5.74) is 0.217. The van der Waals surface area contributed by atoms with E-state index in [1.807, 2.05) is 18.2 Å². The first-order valence-electron chi connectivity index (χ1n) is 3.42. The molecule has 0 aliphatic heterocycles. The number of rotatable bonds is 0. The zero-order valence-electron chi connectivity index (χ0n) is 6.07. The molecule has 4 heteroatoms. The van der Waals surface area contributed by atoms with E-state index in [-0.39, 0.29) is 0 Å². The first-order chi connectivity index (χ1) is 5.77. The summed E-state index contributed by atoms with van der Waals surface area (Å²) in [5, 5.41) is 0.854. The Bertz CT molecular complexity index is 478. The van der Waals surface area contributed by atoms with Gasteiger partial charge < -0.3 is 0 Å². The number of benzene rings is 1. The van der Waals surface area contributed by atoms with E-state index in [0.717, 1.165) is 9.47 Å². The monoisotopic (exact) mass is 180 g/mol. The van der Waals surface area contributed by atoms with Crippen LogP contribution >= 0.6 is 11.8 Å². The van der Waals surface area contributed by atoms with E-state index in [9.17, 15) is 4.79 Å². The summed E-state index contributed by atoms with van der Waals surface area (Å²) in [6, 6.07) is 7.31. The van der Waals surface area contributed by atoms with Gasteiger partial charge in [0, 0.05) is 23.4 Å². The molecule has 0 unspecified atom stereocenters. The van der Waals surface area contributed by atoms with Gasteiger partial charge in [-0.25, -0.2) is 8.88 Å². The lowest BCUT2D eigenvalue weighted by Crippen LogP contribution is -2.15. The molecule has 0 N–H and O–H groups in total. The maximum atomic E-state index is 11.0. The zero-order valence-corrected chi connectivity index (χ0v) is 6.82. The predicted molar refractivity (Wildman–Crippen MR) is 47.3 cm³/mol. The third kappa shape index (κ3) is 1.08. The molecule has 0 radical (unpaired) electrons. The summed E-state index contributed by atoms with van der Waals surface area (Å²) in [5.74, 6) is 0. The smallest absolute Gasteiger partial charge is 0.244 e. The minimum atomic E-state index is -0.449. The maximum Gasteiger partial charge on any atom is 0.362 e. The van der Waals surface area contributed by atoms with Crippen LogP contribution in [0.4, 0.5) is 0 Å². The fraction of sp³-hybridized carbons (Fsp3) is 0. The molecular weight excluding hydrogens is 176 g/mol. The van der Waals surface area contributed by atoms with Gasteiger partial charge in [-0.1, -0.05) is 18.2 Å². The van der Waals surface area contributed by atoms with Crippen molar-refractivity contribution in [2.24, 2.45) is 0 Å². The quantitative estimate of drug-likeness (QED) is 0.614. The van der Waals surface area contributed by atoms with Gasteiger partial charge in [0.05, 0.1) is 5.52 Å². The van der Waals surface area contributed by atoms with E-state index in [4.69, 9.17) is 11.8 Å². The number of nitrogens with zero attached hydrogens (tertiary/aromatic N) is 2. The molecule has 2 aromatic rings. The van der Waals surface area contributed by atoms with Gasteiger partial charge in [-0.05, 0) is 6.07 Å². The molecule has 60 valence electrons. The molecule has 0 aliphatic carbocycles. The van der Waals surface area contributed by atoms with Crippen LogP contribution < -0.4 is 5.69 Å². The highest BCUT2D eigenvalue weighted by Gasteiger charge is 1.96. The Morgan fingerprint density at radius 1 is 1.33 bits per heavy atom. The molecular formula is C8H5ClN2O. The van der Waals surface area contributed by atoms with Crippen molar-refractivity contribution in [1.29, 1.82) is 0 Å². The summed E-state index contributed by atoms with van der Waals surface area (Å²) in [6.45, 7) is 0. The van der Waals surface area contributed by atoms with Gasteiger partial charge >= 0.3 is 5.69 Å². The van der Waals surface area contributed by atoms with Crippen LogP contribution in [0.25, 0.3) is 10.9 Å². The van der Waals surface area contributed by atoms with E-state index in [1.165, 1.54) is 0 Å². The standard InChI is InChI=1S/C8H5ClN2O/c9-11-5-6-3-1-2-4-7(6)10-8(11)12/h1-5H. The minimum absolute atomic E-state index is 0.449. The third-order valence-electron chi connectivity index (χ3n) is 1.59. The van der Waals surface area contributed by atoms with Crippen LogP contribution in [0.3, 0.4) is 0 Å². The lowest BCUT2D eigenvalue weighted by atomic mass is 10.2. The van der Waals surface area contributed by atoms with Crippen molar-refractivity contribution in [2.75, 3.05) is 0 Å². The fourth-order valence-corrected chi connectivity index (χ4v) is 1.17. The second kappa shape index (κ2) is 2.60. The van der Waals surface area contributed by atoms with Crippen molar-refractivity contribution < 1.29 is 0 Å². The number of halogens is 1. The molecule has 12 heavy (non-hydrogen) atoms. The Morgan fingerprint density at radius 2 is 2.08 bits per heavy atom. The predicted octanol–water partition coefficient (Wildman–Crippen LogP) is 1.40. The summed E-state index contributed by atoms with van der Waals surface area (Å²) in [7, 11) is 0. The molecule has 0 saturated carbocycles. The molecule has 0 fully saturated rings. The molecule has 0 spiro atoms. The second-order valence-corrected chi connectivity index (χ2v) is 2.76. The molecule has 1 heterocycles. The van der Waals surface area contributed by atoms with Crippen LogP contribution in [0.2, 0.25) is 0 Å².